The van der Waals surface area contributed by atoms with Gasteiger partial charge in [0.2, 0.25) is 5.91 Å². The Balaban J connectivity index is 2.36. The van der Waals surface area contributed by atoms with Crippen LogP contribution in [0, 0.1) is 0 Å². The zero-order valence-electron chi connectivity index (χ0n) is 11.5. The maximum atomic E-state index is 12.0. The van der Waals surface area contributed by atoms with Crippen molar-refractivity contribution in [2.45, 2.75) is 12.5 Å². The molecule has 0 aliphatic heterocycles. The summed E-state index contributed by atoms with van der Waals surface area (Å²) < 4.78 is 10.1. The average Bonchev–Trinajstić information content (AvgIpc) is 2.43. The van der Waals surface area contributed by atoms with Gasteiger partial charge in [0.15, 0.2) is 0 Å². The van der Waals surface area contributed by atoms with Crippen molar-refractivity contribution < 1.29 is 14.3 Å². The quantitative estimate of drug-likeness (QED) is 0.677. The summed E-state index contributed by atoms with van der Waals surface area (Å²) in [6.07, 6.45) is 0. The molecular weight excluding hydrogens is 244 g/mol. The number of ether oxygens (including phenoxy) is 2. The van der Waals surface area contributed by atoms with E-state index in [1.54, 1.807) is 14.0 Å². The van der Waals surface area contributed by atoms with E-state index in [1.165, 1.54) is 0 Å². The van der Waals surface area contributed by atoms with Gasteiger partial charge in [-0.15, -0.1) is 0 Å². The molecule has 106 valence electrons. The van der Waals surface area contributed by atoms with Crippen LogP contribution in [-0.2, 0) is 19.8 Å². The predicted octanol–water partition coefficient (Wildman–Crippen LogP) is 0.640. The second kappa shape index (κ2) is 7.89. The van der Waals surface area contributed by atoms with Gasteiger partial charge in [0.1, 0.15) is 5.54 Å². The number of nitrogens with two attached hydrogens (primary N) is 1. The Morgan fingerprint density at radius 2 is 1.95 bits per heavy atom. The number of hydrogen-bond acceptors (Lipinski definition) is 4. The first-order valence-corrected chi connectivity index (χ1v) is 6.28. The number of nitrogens with one attached hydrogen (secondary N) is 1. The zero-order chi connectivity index (χ0) is 14.1. The fraction of sp³-hybridized carbons (Fsp3) is 0.500. The van der Waals surface area contributed by atoms with Gasteiger partial charge in [0, 0.05) is 13.7 Å². The number of amides is 1. The van der Waals surface area contributed by atoms with Crippen molar-refractivity contribution in [2.75, 3.05) is 33.5 Å². The lowest BCUT2D eigenvalue weighted by Gasteiger charge is -2.24. The molecule has 0 bridgehead atoms. The van der Waals surface area contributed by atoms with Crippen molar-refractivity contribution in [3.63, 3.8) is 0 Å². The number of benzene rings is 1. The third kappa shape index (κ3) is 4.98. The van der Waals surface area contributed by atoms with Gasteiger partial charge in [0.05, 0.1) is 19.8 Å². The van der Waals surface area contributed by atoms with E-state index in [0.717, 1.165) is 5.56 Å². The van der Waals surface area contributed by atoms with E-state index >= 15 is 0 Å². The summed E-state index contributed by atoms with van der Waals surface area (Å²) in [6, 6.07) is 9.30. The molecule has 5 nitrogen and oxygen atoms in total. The summed E-state index contributed by atoms with van der Waals surface area (Å²) in [7, 11) is 1.62. The van der Waals surface area contributed by atoms with Gasteiger partial charge in [-0.1, -0.05) is 30.3 Å². The molecule has 1 amide bonds. The van der Waals surface area contributed by atoms with Crippen LogP contribution >= 0.6 is 0 Å². The molecule has 19 heavy (non-hydrogen) atoms. The molecule has 1 unspecified atom stereocenters. The fourth-order valence-corrected chi connectivity index (χ4v) is 1.58. The van der Waals surface area contributed by atoms with Gasteiger partial charge < -0.3 is 20.5 Å². The summed E-state index contributed by atoms with van der Waals surface area (Å²) in [5.41, 5.74) is 5.82. The van der Waals surface area contributed by atoms with Gasteiger partial charge in [-0.25, -0.2) is 0 Å². The number of carbonyl (C=O) groups excluding carboxylic acids is 1. The van der Waals surface area contributed by atoms with E-state index in [1.807, 2.05) is 30.3 Å². The predicted molar refractivity (Wildman–Crippen MR) is 73.7 cm³/mol. The highest BCUT2D eigenvalue weighted by Crippen LogP contribution is 2.16. The van der Waals surface area contributed by atoms with Crippen LogP contribution < -0.4 is 11.1 Å². The zero-order valence-corrected chi connectivity index (χ0v) is 11.5. The summed E-state index contributed by atoms with van der Waals surface area (Å²) in [4.78, 5) is 12.0. The minimum Gasteiger partial charge on any atom is -0.382 e. The Bertz CT molecular complexity index is 380. The molecule has 1 aromatic rings. The molecule has 0 aliphatic carbocycles. The molecular formula is C14H22N2O3. The molecule has 0 saturated carbocycles. The molecule has 0 fully saturated rings. The summed E-state index contributed by atoms with van der Waals surface area (Å²) in [6.45, 7) is 3.64. The van der Waals surface area contributed by atoms with Crippen molar-refractivity contribution in [3.05, 3.63) is 35.9 Å². The lowest BCUT2D eigenvalue weighted by Crippen LogP contribution is -2.49. The number of rotatable bonds is 8. The van der Waals surface area contributed by atoms with E-state index in [0.29, 0.717) is 26.4 Å². The minimum atomic E-state index is -1.03. The summed E-state index contributed by atoms with van der Waals surface area (Å²) in [5, 5.41) is 2.77. The van der Waals surface area contributed by atoms with Crippen LogP contribution in [-0.4, -0.2) is 39.4 Å². The average molecular weight is 266 g/mol. The summed E-state index contributed by atoms with van der Waals surface area (Å²) >= 11 is 0. The Hall–Kier alpha value is -1.43. The van der Waals surface area contributed by atoms with E-state index in [4.69, 9.17) is 15.2 Å². The van der Waals surface area contributed by atoms with Crippen molar-refractivity contribution in [2.24, 2.45) is 5.73 Å². The largest absolute Gasteiger partial charge is 0.382 e. The number of methoxy groups -OCH3 is 1. The Kier molecular flexibility index (Phi) is 6.49. The van der Waals surface area contributed by atoms with Crippen LogP contribution in [0.25, 0.3) is 0 Å². The molecule has 1 aromatic carbocycles. The van der Waals surface area contributed by atoms with Crippen molar-refractivity contribution in [1.82, 2.24) is 5.32 Å². The highest BCUT2D eigenvalue weighted by molar-refractivity contribution is 5.86. The van der Waals surface area contributed by atoms with Crippen LogP contribution in [0.3, 0.4) is 0 Å². The van der Waals surface area contributed by atoms with Crippen LogP contribution in [0.5, 0.6) is 0 Å². The van der Waals surface area contributed by atoms with Crippen LogP contribution in [0.15, 0.2) is 30.3 Å². The second-order valence-corrected chi connectivity index (χ2v) is 4.43. The first kappa shape index (κ1) is 15.6. The molecule has 0 radical (unpaired) electrons. The van der Waals surface area contributed by atoms with E-state index < -0.39 is 5.54 Å². The highest BCUT2D eigenvalue weighted by atomic mass is 16.5. The molecule has 0 saturated heterocycles. The van der Waals surface area contributed by atoms with Crippen LogP contribution in [0.4, 0.5) is 0 Å². The number of carbonyl (C=O) groups is 1. The Labute approximate surface area is 114 Å². The highest BCUT2D eigenvalue weighted by Gasteiger charge is 2.29. The molecule has 0 aromatic heterocycles. The first-order valence-electron chi connectivity index (χ1n) is 6.28. The lowest BCUT2D eigenvalue weighted by molar-refractivity contribution is -0.126. The fourth-order valence-electron chi connectivity index (χ4n) is 1.58. The van der Waals surface area contributed by atoms with Crippen LogP contribution in [0.1, 0.15) is 12.5 Å². The van der Waals surface area contributed by atoms with Crippen molar-refractivity contribution >= 4 is 5.91 Å². The van der Waals surface area contributed by atoms with E-state index in [2.05, 4.69) is 5.32 Å². The first-order chi connectivity index (χ1) is 9.09. The van der Waals surface area contributed by atoms with Gasteiger partial charge in [-0.05, 0) is 12.5 Å². The van der Waals surface area contributed by atoms with Crippen molar-refractivity contribution in [3.8, 4) is 0 Å². The molecule has 3 N–H and O–H groups in total. The number of hydrogen-bond donors (Lipinski definition) is 2. The third-order valence-corrected chi connectivity index (χ3v) is 2.81. The molecule has 0 aliphatic rings. The standard InChI is InChI=1S/C14H22N2O3/c1-14(15,12-6-4-3-5-7-12)13(17)16-8-9-19-11-10-18-2/h3-7H,8-11,15H2,1-2H3,(H,16,17). The monoisotopic (exact) mass is 266 g/mol. The molecule has 1 rings (SSSR count). The Morgan fingerprint density at radius 3 is 2.58 bits per heavy atom. The second-order valence-electron chi connectivity index (χ2n) is 4.43. The smallest absolute Gasteiger partial charge is 0.244 e. The molecule has 0 heterocycles. The topological polar surface area (TPSA) is 73.6 Å². The minimum absolute atomic E-state index is 0.214. The summed E-state index contributed by atoms with van der Waals surface area (Å²) in [5.74, 6) is -0.214. The SMILES string of the molecule is COCCOCCNC(=O)C(C)(N)c1ccccc1. The molecule has 5 heteroatoms. The van der Waals surface area contributed by atoms with Gasteiger partial charge >= 0.3 is 0 Å². The molecule has 1 atom stereocenters. The van der Waals surface area contributed by atoms with Crippen LogP contribution in [0.2, 0.25) is 0 Å². The third-order valence-electron chi connectivity index (χ3n) is 2.81. The maximum Gasteiger partial charge on any atom is 0.244 e. The van der Waals surface area contributed by atoms with E-state index in [-0.39, 0.29) is 5.91 Å². The molecule has 0 spiro atoms. The van der Waals surface area contributed by atoms with Crippen molar-refractivity contribution in [1.29, 1.82) is 0 Å². The Morgan fingerprint density at radius 1 is 1.26 bits per heavy atom. The van der Waals surface area contributed by atoms with E-state index in [9.17, 15) is 4.79 Å². The lowest BCUT2D eigenvalue weighted by atomic mass is 9.92. The van der Waals surface area contributed by atoms with Gasteiger partial charge in [0.25, 0.3) is 0 Å². The normalized spacial score (nSPS) is 13.8. The maximum absolute atomic E-state index is 12.0. The van der Waals surface area contributed by atoms with Gasteiger partial charge in [-0.2, -0.15) is 0 Å². The van der Waals surface area contributed by atoms with Gasteiger partial charge in [-0.3, -0.25) is 4.79 Å².